The minimum atomic E-state index is -2.86. The lowest BCUT2D eigenvalue weighted by molar-refractivity contribution is 0.487. The lowest BCUT2D eigenvalue weighted by Crippen LogP contribution is -2.76. The van der Waals surface area contributed by atoms with E-state index in [1.165, 1.54) is 73.9 Å². The van der Waals surface area contributed by atoms with Crippen molar-refractivity contribution in [1.82, 2.24) is 4.57 Å². The Bertz CT molecular complexity index is 2910. The summed E-state index contributed by atoms with van der Waals surface area (Å²) >= 11 is 1.92. The van der Waals surface area contributed by atoms with Crippen LogP contribution in [0.4, 0.5) is 0 Å². The van der Waals surface area contributed by atoms with Crippen molar-refractivity contribution in [2.45, 2.75) is 0 Å². The van der Waals surface area contributed by atoms with Crippen LogP contribution in [0.1, 0.15) is 0 Å². The van der Waals surface area contributed by atoms with Crippen molar-refractivity contribution >= 4 is 82.1 Å². The van der Waals surface area contributed by atoms with Gasteiger partial charge in [-0.25, -0.2) is 0 Å². The molecule has 8 aromatic carbocycles. The van der Waals surface area contributed by atoms with Crippen molar-refractivity contribution in [3.8, 4) is 28.3 Å². The minimum Gasteiger partial charge on any atom is -0.458 e. The van der Waals surface area contributed by atoms with Crippen molar-refractivity contribution in [2.75, 3.05) is 0 Å². The third-order valence-corrected chi connectivity index (χ3v) is 17.2. The summed E-state index contributed by atoms with van der Waals surface area (Å²) in [6, 6.07) is 69.1. The molecule has 0 saturated carbocycles. The topological polar surface area (TPSA) is 14.2 Å². The molecule has 4 heteroatoms. The van der Waals surface area contributed by atoms with Crippen molar-refractivity contribution < 1.29 is 4.74 Å². The van der Waals surface area contributed by atoms with Crippen LogP contribution in [0.2, 0.25) is 0 Å². The molecule has 0 radical (unpaired) electrons. The molecule has 0 amide bonds. The quantitative estimate of drug-likeness (QED) is 0.167. The first-order chi connectivity index (χ1) is 25.8. The Morgan fingerprint density at radius 1 is 0.423 bits per heavy atom. The summed E-state index contributed by atoms with van der Waals surface area (Å²) < 4.78 is 11.8. The first-order valence-electron chi connectivity index (χ1n) is 17.8. The number of hydrogen-bond donors (Lipinski definition) is 0. The third kappa shape index (κ3) is 4.16. The molecule has 0 saturated heterocycles. The average Bonchev–Trinajstić information content (AvgIpc) is 3.76. The molecule has 2 aromatic heterocycles. The summed E-state index contributed by atoms with van der Waals surface area (Å²) in [4.78, 5) is 0. The Labute approximate surface area is 306 Å². The number of rotatable bonds is 4. The van der Waals surface area contributed by atoms with E-state index < -0.39 is 8.07 Å². The first kappa shape index (κ1) is 29.5. The van der Waals surface area contributed by atoms with Crippen LogP contribution in [0, 0.1) is 0 Å². The zero-order valence-corrected chi connectivity index (χ0v) is 30.0. The fourth-order valence-electron chi connectivity index (χ4n) is 8.73. The SMILES string of the molecule is c1cc(-c2ccc([Si]3(c4cccc5c4sc4ccccc45)c4ccccc4Oc4ccccc43)cc2)cc(-n2c3ccccc3c3ccccc32)c1. The molecule has 0 unspecified atom stereocenters. The summed E-state index contributed by atoms with van der Waals surface area (Å²) in [6.07, 6.45) is 0. The van der Waals surface area contributed by atoms with Gasteiger partial charge in [0.05, 0.1) is 11.0 Å². The Hall–Kier alpha value is -6.20. The second kappa shape index (κ2) is 11.4. The van der Waals surface area contributed by atoms with Gasteiger partial charge in [0, 0.05) is 36.6 Å². The van der Waals surface area contributed by atoms with E-state index in [0.29, 0.717) is 0 Å². The van der Waals surface area contributed by atoms with E-state index in [-0.39, 0.29) is 0 Å². The van der Waals surface area contributed by atoms with Gasteiger partial charge in [-0.15, -0.1) is 11.3 Å². The van der Waals surface area contributed by atoms with Crippen LogP contribution in [0.15, 0.2) is 188 Å². The first-order valence-corrected chi connectivity index (χ1v) is 20.6. The van der Waals surface area contributed by atoms with Crippen LogP contribution in [-0.2, 0) is 0 Å². The molecule has 1 aliphatic rings. The van der Waals surface area contributed by atoms with Crippen molar-refractivity contribution in [1.29, 1.82) is 0 Å². The van der Waals surface area contributed by atoms with Crippen LogP contribution in [0.3, 0.4) is 0 Å². The van der Waals surface area contributed by atoms with Crippen molar-refractivity contribution in [3.63, 3.8) is 0 Å². The highest BCUT2D eigenvalue weighted by molar-refractivity contribution is 7.31. The van der Waals surface area contributed by atoms with Crippen LogP contribution in [0.5, 0.6) is 11.5 Å². The molecular formula is C48H31NOSSi. The van der Waals surface area contributed by atoms with Crippen molar-refractivity contribution in [3.05, 3.63) is 188 Å². The van der Waals surface area contributed by atoms with E-state index >= 15 is 0 Å². The van der Waals surface area contributed by atoms with Gasteiger partial charge in [-0.1, -0.05) is 146 Å². The average molecular weight is 698 g/mol. The Balaban J connectivity index is 1.13. The molecule has 52 heavy (non-hydrogen) atoms. The van der Waals surface area contributed by atoms with Crippen LogP contribution in [0.25, 0.3) is 58.8 Å². The number of benzene rings is 8. The summed E-state index contributed by atoms with van der Waals surface area (Å²) in [5.41, 5.74) is 5.99. The number of aromatic nitrogens is 1. The molecule has 0 N–H and O–H groups in total. The zero-order valence-electron chi connectivity index (χ0n) is 28.2. The van der Waals surface area contributed by atoms with E-state index in [1.54, 1.807) is 0 Å². The molecular weight excluding hydrogens is 667 g/mol. The lowest BCUT2D eigenvalue weighted by Gasteiger charge is -2.39. The lowest BCUT2D eigenvalue weighted by atomic mass is 10.1. The highest BCUT2D eigenvalue weighted by atomic mass is 32.1. The molecule has 11 rings (SSSR count). The predicted octanol–water partition coefficient (Wildman–Crippen LogP) is 10.3. The summed E-state index contributed by atoms with van der Waals surface area (Å²) in [5, 5.41) is 10.5. The maximum Gasteiger partial charge on any atom is 0.189 e. The Kier molecular flexibility index (Phi) is 6.47. The summed E-state index contributed by atoms with van der Waals surface area (Å²) in [7, 11) is -2.86. The van der Waals surface area contributed by atoms with Gasteiger partial charge < -0.3 is 9.30 Å². The number of para-hydroxylation sites is 4. The maximum absolute atomic E-state index is 6.69. The number of nitrogens with zero attached hydrogens (tertiary/aromatic N) is 1. The highest BCUT2D eigenvalue weighted by Crippen LogP contribution is 2.37. The van der Waals surface area contributed by atoms with E-state index in [9.17, 15) is 0 Å². The van der Waals surface area contributed by atoms with E-state index in [0.717, 1.165) is 17.2 Å². The molecule has 1 aliphatic heterocycles. The second-order valence-electron chi connectivity index (χ2n) is 13.6. The van der Waals surface area contributed by atoms with Gasteiger partial charge in [0.1, 0.15) is 11.5 Å². The standard InChI is InChI=1S/C48H31NOSSi/c1-4-19-40-36(15-1)37-16-2-5-20-41(37)49(40)34-14-11-13-33(31-34)32-27-29-35(30-28-32)52(45-24-9-6-21-42(45)50-43-22-7-10-25-46(43)52)47-26-12-18-39-38-17-3-8-23-44(38)51-48(39)47/h1-31H. The predicted molar refractivity (Wildman–Crippen MR) is 223 cm³/mol. The normalized spacial score (nSPS) is 13.3. The molecule has 0 spiro atoms. The monoisotopic (exact) mass is 697 g/mol. The molecule has 10 aromatic rings. The van der Waals surface area contributed by atoms with Gasteiger partial charge in [0.25, 0.3) is 0 Å². The number of fused-ring (bicyclic) bond motifs is 8. The molecule has 0 bridgehead atoms. The molecule has 0 fully saturated rings. The van der Waals surface area contributed by atoms with E-state index in [1.807, 2.05) is 11.3 Å². The maximum atomic E-state index is 6.69. The Morgan fingerprint density at radius 3 is 1.69 bits per heavy atom. The van der Waals surface area contributed by atoms with E-state index in [4.69, 9.17) is 4.74 Å². The molecule has 244 valence electrons. The van der Waals surface area contributed by atoms with Crippen molar-refractivity contribution in [2.24, 2.45) is 0 Å². The fraction of sp³-hybridized carbons (Fsp3) is 0. The van der Waals surface area contributed by atoms with Crippen LogP contribution >= 0.6 is 11.3 Å². The number of ether oxygens (including phenoxy) is 1. The number of hydrogen-bond acceptors (Lipinski definition) is 2. The molecule has 0 aliphatic carbocycles. The van der Waals surface area contributed by atoms with Gasteiger partial charge in [0.2, 0.25) is 0 Å². The van der Waals surface area contributed by atoms with Gasteiger partial charge in [-0.2, -0.15) is 0 Å². The number of thiophene rings is 1. The highest BCUT2D eigenvalue weighted by Gasteiger charge is 2.49. The van der Waals surface area contributed by atoms with Gasteiger partial charge in [0.15, 0.2) is 8.07 Å². The second-order valence-corrected chi connectivity index (χ2v) is 18.4. The summed E-state index contributed by atoms with van der Waals surface area (Å²) in [5.74, 6) is 1.91. The zero-order chi connectivity index (χ0) is 34.2. The largest absolute Gasteiger partial charge is 0.458 e. The smallest absolute Gasteiger partial charge is 0.189 e. The third-order valence-electron chi connectivity index (χ3n) is 10.9. The molecule has 0 atom stereocenters. The Morgan fingerprint density at radius 2 is 0.981 bits per heavy atom. The minimum absolute atomic E-state index is 0.953. The van der Waals surface area contributed by atoms with Crippen LogP contribution < -0.4 is 25.5 Å². The van der Waals surface area contributed by atoms with Gasteiger partial charge in [-0.05, 0) is 74.3 Å². The van der Waals surface area contributed by atoms with Gasteiger partial charge in [-0.3, -0.25) is 0 Å². The van der Waals surface area contributed by atoms with Gasteiger partial charge >= 0.3 is 0 Å². The summed E-state index contributed by atoms with van der Waals surface area (Å²) in [6.45, 7) is 0. The van der Waals surface area contributed by atoms with Crippen LogP contribution in [-0.4, -0.2) is 12.6 Å². The molecule has 2 nitrogen and oxygen atoms in total. The molecule has 3 heterocycles. The van der Waals surface area contributed by atoms with E-state index in [2.05, 4.69) is 193 Å². The fourth-order valence-corrected chi connectivity index (χ4v) is 15.5.